The molecule has 18 heteroatoms. The number of piperidine rings is 4. The highest BCUT2D eigenvalue weighted by Gasteiger charge is 2.50. The molecule has 6 fully saturated rings. The zero-order chi connectivity index (χ0) is 43.9. The van der Waals surface area contributed by atoms with Gasteiger partial charge in [0.05, 0.1) is 34.0 Å². The first-order valence-electron chi connectivity index (χ1n) is 22.7. The van der Waals surface area contributed by atoms with Crippen LogP contribution in [0.15, 0.2) is 29.2 Å². The zero-order valence-electron chi connectivity index (χ0n) is 35.5. The van der Waals surface area contributed by atoms with Gasteiger partial charge < -0.3 is 25.1 Å². The van der Waals surface area contributed by atoms with Gasteiger partial charge in [-0.25, -0.2) is 18.2 Å². The molecule has 7 heterocycles. The van der Waals surface area contributed by atoms with Crippen molar-refractivity contribution in [1.29, 1.82) is 0 Å². The molecular formula is C45H54F3N9O6. The van der Waals surface area contributed by atoms with Crippen LogP contribution >= 0.6 is 0 Å². The van der Waals surface area contributed by atoms with Crippen LogP contribution < -0.4 is 21.1 Å². The highest BCUT2D eigenvalue weighted by Crippen LogP contribution is 2.52. The second-order valence-electron chi connectivity index (χ2n) is 19.4. The lowest BCUT2D eigenvalue weighted by Crippen LogP contribution is -2.58. The Morgan fingerprint density at radius 3 is 2.16 bits per heavy atom. The predicted molar refractivity (Wildman–Crippen MR) is 225 cm³/mol. The van der Waals surface area contributed by atoms with E-state index >= 15 is 4.39 Å². The van der Waals surface area contributed by atoms with Crippen LogP contribution in [0.4, 0.5) is 24.8 Å². The summed E-state index contributed by atoms with van der Waals surface area (Å²) >= 11 is 0. The number of aliphatic hydroxyl groups is 1. The number of pyridine rings is 1. The number of hydrogen-bond acceptors (Lipinski definition) is 12. The topological polar surface area (TPSA) is 173 Å². The molecule has 7 aliphatic rings. The summed E-state index contributed by atoms with van der Waals surface area (Å²) < 4.78 is 44.6. The van der Waals surface area contributed by atoms with Crippen molar-refractivity contribution in [2.45, 2.75) is 133 Å². The summed E-state index contributed by atoms with van der Waals surface area (Å²) in [4.78, 5) is 81.2. The first kappa shape index (κ1) is 42.0. The minimum absolute atomic E-state index is 0.0178. The summed E-state index contributed by atoms with van der Waals surface area (Å²) in [5, 5.41) is 17.0. The third-order valence-electron chi connectivity index (χ3n) is 15.6. The number of carbonyl (C=O) groups excluding carboxylic acids is 4. The van der Waals surface area contributed by atoms with Crippen molar-refractivity contribution in [1.82, 2.24) is 34.6 Å². The Bertz CT molecular complexity index is 2410. The van der Waals surface area contributed by atoms with Gasteiger partial charge in [0.25, 0.3) is 23.8 Å². The highest BCUT2D eigenvalue weighted by molar-refractivity contribution is 6.23. The van der Waals surface area contributed by atoms with Gasteiger partial charge in [0, 0.05) is 62.3 Å². The summed E-state index contributed by atoms with van der Waals surface area (Å²) in [6, 6.07) is 3.15. The van der Waals surface area contributed by atoms with Gasteiger partial charge >= 0.3 is 0 Å². The molecular weight excluding hydrogens is 820 g/mol. The minimum Gasteiger partial charge on any atom is -0.388 e. The van der Waals surface area contributed by atoms with Gasteiger partial charge in [-0.1, -0.05) is 0 Å². The van der Waals surface area contributed by atoms with Crippen molar-refractivity contribution >= 4 is 46.3 Å². The van der Waals surface area contributed by atoms with E-state index in [-0.39, 0.29) is 41.1 Å². The Morgan fingerprint density at radius 2 is 1.51 bits per heavy atom. The number of amides is 4. The second-order valence-corrected chi connectivity index (χ2v) is 19.4. The smallest absolute Gasteiger partial charge is 0.269 e. The van der Waals surface area contributed by atoms with E-state index in [0.29, 0.717) is 61.5 Å². The molecule has 3 N–H and O–H groups in total. The van der Waals surface area contributed by atoms with Crippen molar-refractivity contribution in [3.05, 3.63) is 57.3 Å². The summed E-state index contributed by atoms with van der Waals surface area (Å²) in [6.07, 6.45) is 8.29. The molecule has 0 radical (unpaired) electrons. The minimum atomic E-state index is -2.95. The fourth-order valence-corrected chi connectivity index (χ4v) is 12.0. The van der Waals surface area contributed by atoms with E-state index in [2.05, 4.69) is 30.4 Å². The quantitative estimate of drug-likeness (QED) is 0.271. The molecule has 2 aliphatic carbocycles. The Balaban J connectivity index is 0.695. The van der Waals surface area contributed by atoms with Crippen LogP contribution in [-0.2, 0) is 9.59 Å². The number of rotatable bonds is 8. The summed E-state index contributed by atoms with van der Waals surface area (Å²) in [7, 11) is 0. The fourth-order valence-electron chi connectivity index (χ4n) is 12.0. The Hall–Kier alpha value is -4.94. The van der Waals surface area contributed by atoms with Gasteiger partial charge in [0.1, 0.15) is 17.5 Å². The maximum Gasteiger partial charge on any atom is 0.269 e. The van der Waals surface area contributed by atoms with Crippen molar-refractivity contribution in [2.75, 3.05) is 49.5 Å². The van der Waals surface area contributed by atoms with Crippen molar-refractivity contribution in [3.63, 3.8) is 0 Å². The molecule has 2 saturated carbocycles. The lowest BCUT2D eigenvalue weighted by Gasteiger charge is -2.56. The van der Waals surface area contributed by atoms with Crippen LogP contribution in [0, 0.1) is 11.2 Å². The molecule has 1 aromatic carbocycles. The monoisotopic (exact) mass is 873 g/mol. The molecule has 63 heavy (non-hydrogen) atoms. The van der Waals surface area contributed by atoms with Gasteiger partial charge in [0.15, 0.2) is 0 Å². The number of alkyl halides is 2. The molecule has 3 atom stereocenters. The van der Waals surface area contributed by atoms with Crippen molar-refractivity contribution < 1.29 is 37.5 Å². The molecule has 0 bridgehead atoms. The number of carbonyl (C=O) groups is 4. The average Bonchev–Trinajstić information content (AvgIpc) is 3.72. The summed E-state index contributed by atoms with van der Waals surface area (Å²) in [6.45, 7) is 6.90. The SMILES string of the molecule is C[C@@]1(O)CCCC1n1c(=O)c(C(F)F)cc2cnc(NC3CCN(C4CCN(C5CC6(CCN(c7cc8c(cc7F)C(=O)N(C7CCC(=O)NC7=O)C8=O)CC6)C5)CC4)CC3)nc21. The molecule has 1 spiro atoms. The number of fused-ring (bicyclic) bond motifs is 2. The van der Waals surface area contributed by atoms with Crippen LogP contribution in [0.2, 0.25) is 0 Å². The largest absolute Gasteiger partial charge is 0.388 e. The number of hydrogen-bond donors (Lipinski definition) is 3. The highest BCUT2D eigenvalue weighted by atomic mass is 19.3. The second kappa shape index (κ2) is 15.9. The van der Waals surface area contributed by atoms with Crippen molar-refractivity contribution in [2.24, 2.45) is 5.41 Å². The molecule has 336 valence electrons. The molecule has 10 rings (SSSR count). The Labute approximate surface area is 362 Å². The normalized spacial score (nSPS) is 27.8. The van der Waals surface area contributed by atoms with E-state index in [1.54, 1.807) is 6.92 Å². The van der Waals surface area contributed by atoms with Gasteiger partial charge in [-0.15, -0.1) is 0 Å². The number of benzene rings is 1. The lowest BCUT2D eigenvalue weighted by atomic mass is 9.59. The van der Waals surface area contributed by atoms with E-state index in [0.717, 1.165) is 88.5 Å². The third kappa shape index (κ3) is 7.48. The van der Waals surface area contributed by atoms with Gasteiger partial charge in [-0.2, -0.15) is 4.98 Å². The Morgan fingerprint density at radius 1 is 0.841 bits per heavy atom. The molecule has 4 saturated heterocycles. The predicted octanol–water partition coefficient (Wildman–Crippen LogP) is 4.54. The Kier molecular flexibility index (Phi) is 10.6. The maximum atomic E-state index is 15.6. The number of anilines is 2. The number of nitrogens with one attached hydrogen (secondary N) is 2. The van der Waals surface area contributed by atoms with Crippen LogP contribution in [0.1, 0.15) is 129 Å². The first-order valence-corrected chi connectivity index (χ1v) is 22.7. The number of imide groups is 2. The number of aromatic nitrogens is 3. The fraction of sp³-hybridized carbons (Fsp3) is 0.622. The van der Waals surface area contributed by atoms with Gasteiger partial charge in [0.2, 0.25) is 17.8 Å². The third-order valence-corrected chi connectivity index (χ3v) is 15.6. The lowest BCUT2D eigenvalue weighted by molar-refractivity contribution is -0.136. The van der Waals surface area contributed by atoms with E-state index in [4.69, 9.17) is 0 Å². The van der Waals surface area contributed by atoms with Gasteiger partial charge in [-0.3, -0.25) is 38.8 Å². The molecule has 4 amide bonds. The van der Waals surface area contributed by atoms with Crippen LogP contribution in [-0.4, -0.2) is 127 Å². The number of likely N-dealkylation sites (tertiary alicyclic amines) is 2. The van der Waals surface area contributed by atoms with Gasteiger partial charge in [-0.05, 0) is 121 Å². The van der Waals surface area contributed by atoms with Crippen molar-refractivity contribution in [3.8, 4) is 0 Å². The summed E-state index contributed by atoms with van der Waals surface area (Å²) in [5.41, 5.74) is -1.84. The zero-order valence-corrected chi connectivity index (χ0v) is 35.5. The first-order chi connectivity index (χ1) is 30.2. The van der Waals surface area contributed by atoms with Crippen LogP contribution in [0.25, 0.3) is 11.0 Å². The average molecular weight is 874 g/mol. The van der Waals surface area contributed by atoms with E-state index in [1.165, 1.54) is 22.9 Å². The van der Waals surface area contributed by atoms with Crippen LogP contribution in [0.3, 0.4) is 0 Å². The molecule has 2 unspecified atom stereocenters. The van der Waals surface area contributed by atoms with E-state index < -0.39 is 64.7 Å². The molecule has 2 aromatic heterocycles. The maximum absolute atomic E-state index is 15.6. The number of nitrogens with zero attached hydrogens (tertiary/aromatic N) is 7. The standard InChI is InChI=1S/C45H54F3N9O6/c1-44(63)10-2-3-35(44)57-38-25(19-31(37(47)48)42(57)62)24-49-43(52-38)50-26-6-13-53(14-7-26)27-8-15-54(16-9-27)28-22-45(23-28)11-17-55(18-12-45)34-21-30-29(20-32(34)46)40(60)56(41(30)61)33-4-5-36(58)51-39(33)59/h19-21,24,26-28,33,35,37,63H,2-18,22-23H2,1H3,(H,49,50,52)(H,51,58,59)/t33?,35?,44-/m1/s1. The van der Waals surface area contributed by atoms with E-state index in [1.807, 2.05) is 4.90 Å². The van der Waals surface area contributed by atoms with E-state index in [9.17, 15) is 37.9 Å². The number of halogens is 3. The molecule has 5 aliphatic heterocycles. The molecule has 3 aromatic rings. The van der Waals surface area contributed by atoms with Crippen LogP contribution in [0.5, 0.6) is 0 Å². The molecule has 15 nitrogen and oxygen atoms in total. The summed E-state index contributed by atoms with van der Waals surface area (Å²) in [5.74, 6) is -2.72.